The summed E-state index contributed by atoms with van der Waals surface area (Å²) in [6.07, 6.45) is 61.9. The van der Waals surface area contributed by atoms with E-state index in [1.165, 1.54) is 116 Å². The van der Waals surface area contributed by atoms with Crippen molar-refractivity contribution in [1.82, 2.24) is 0 Å². The molecule has 0 radical (unpaired) electrons. The van der Waals surface area contributed by atoms with Crippen LogP contribution in [0.3, 0.4) is 0 Å². The Labute approximate surface area is 376 Å². The monoisotopic (exact) mass is 851 g/mol. The molecule has 0 spiro atoms. The Hall–Kier alpha value is -3.15. The van der Waals surface area contributed by atoms with Gasteiger partial charge in [-0.1, -0.05) is 196 Å². The van der Waals surface area contributed by atoms with E-state index in [1.54, 1.807) is 0 Å². The Bertz CT molecular complexity index is 1160. The first kappa shape index (κ1) is 57.9. The molecule has 0 amide bonds. The summed E-state index contributed by atoms with van der Waals surface area (Å²) in [4.78, 5) is 37.9. The number of hydrogen-bond acceptors (Lipinski definition) is 6. The topological polar surface area (TPSA) is 78.9 Å². The fourth-order valence-corrected chi connectivity index (χ4v) is 6.86. The van der Waals surface area contributed by atoms with Crippen LogP contribution in [-0.4, -0.2) is 37.2 Å². The quantitative estimate of drug-likeness (QED) is 0.0263. The van der Waals surface area contributed by atoms with E-state index < -0.39 is 12.1 Å². The summed E-state index contributed by atoms with van der Waals surface area (Å²) in [5.41, 5.74) is 0. The molecule has 0 heterocycles. The molecule has 0 aromatic carbocycles. The highest BCUT2D eigenvalue weighted by Crippen LogP contribution is 2.14. The van der Waals surface area contributed by atoms with Gasteiger partial charge in [0, 0.05) is 19.3 Å². The summed E-state index contributed by atoms with van der Waals surface area (Å²) in [5.74, 6) is -1.00. The van der Waals surface area contributed by atoms with Crippen LogP contribution in [0.5, 0.6) is 0 Å². The minimum atomic E-state index is -0.817. The first-order valence-electron chi connectivity index (χ1n) is 25.4. The lowest BCUT2D eigenvalue weighted by molar-refractivity contribution is -0.166. The van der Waals surface area contributed by atoms with Crippen LogP contribution in [0, 0.1) is 0 Å². The Kier molecular flexibility index (Phi) is 46.9. The van der Waals surface area contributed by atoms with E-state index in [4.69, 9.17) is 14.2 Å². The zero-order valence-electron chi connectivity index (χ0n) is 39.9. The SMILES string of the molecule is CC/C=C\C/C=C\C/C=C\C/C=C\CCC(=O)OC(COC(=O)CCCCCCC/C=C\CCCCC)COC(=O)CCCCCCCCC/C=C\CCCCCCCCC. The van der Waals surface area contributed by atoms with Gasteiger partial charge >= 0.3 is 17.9 Å². The van der Waals surface area contributed by atoms with Gasteiger partial charge in [0.1, 0.15) is 13.2 Å². The molecule has 0 aromatic rings. The molecule has 0 bridgehead atoms. The molecule has 350 valence electrons. The molecule has 0 rings (SSSR count). The molecule has 6 nitrogen and oxygen atoms in total. The summed E-state index contributed by atoms with van der Waals surface area (Å²) in [7, 11) is 0. The van der Waals surface area contributed by atoms with Gasteiger partial charge in [0.15, 0.2) is 6.10 Å². The summed E-state index contributed by atoms with van der Waals surface area (Å²) in [6, 6.07) is 0. The van der Waals surface area contributed by atoms with Crippen molar-refractivity contribution in [2.45, 2.75) is 245 Å². The first-order valence-corrected chi connectivity index (χ1v) is 25.4. The molecule has 0 aromatic heterocycles. The van der Waals surface area contributed by atoms with Crippen molar-refractivity contribution >= 4 is 17.9 Å². The van der Waals surface area contributed by atoms with E-state index in [1.807, 2.05) is 12.2 Å². The molecular weight excluding hydrogens is 757 g/mol. The third-order valence-electron chi connectivity index (χ3n) is 10.7. The number of carbonyl (C=O) groups is 3. The van der Waals surface area contributed by atoms with Gasteiger partial charge in [0.05, 0.1) is 0 Å². The Morgan fingerprint density at radius 3 is 1.10 bits per heavy atom. The number of unbranched alkanes of at least 4 members (excludes halogenated alkanes) is 22. The van der Waals surface area contributed by atoms with E-state index in [9.17, 15) is 14.4 Å². The van der Waals surface area contributed by atoms with Crippen LogP contribution in [0.4, 0.5) is 0 Å². The van der Waals surface area contributed by atoms with Crippen LogP contribution in [0.25, 0.3) is 0 Å². The maximum Gasteiger partial charge on any atom is 0.306 e. The number of esters is 3. The van der Waals surface area contributed by atoms with Crippen LogP contribution < -0.4 is 0 Å². The second-order valence-corrected chi connectivity index (χ2v) is 16.7. The Balaban J connectivity index is 4.44. The van der Waals surface area contributed by atoms with E-state index in [0.717, 1.165) is 77.0 Å². The fraction of sp³-hybridized carbons (Fsp3) is 0.727. The second-order valence-electron chi connectivity index (χ2n) is 16.7. The van der Waals surface area contributed by atoms with Gasteiger partial charge in [-0.15, -0.1) is 0 Å². The molecule has 1 atom stereocenters. The zero-order valence-corrected chi connectivity index (χ0v) is 39.9. The molecule has 0 aliphatic carbocycles. The van der Waals surface area contributed by atoms with Gasteiger partial charge in [0.25, 0.3) is 0 Å². The molecule has 1 unspecified atom stereocenters. The lowest BCUT2D eigenvalue weighted by Crippen LogP contribution is -2.30. The van der Waals surface area contributed by atoms with E-state index in [0.29, 0.717) is 19.3 Å². The first-order chi connectivity index (χ1) is 30.0. The Morgan fingerprint density at radius 1 is 0.344 bits per heavy atom. The largest absolute Gasteiger partial charge is 0.462 e. The van der Waals surface area contributed by atoms with Crippen molar-refractivity contribution in [2.75, 3.05) is 13.2 Å². The molecule has 0 aliphatic heterocycles. The molecule has 0 fully saturated rings. The average molecular weight is 851 g/mol. The highest BCUT2D eigenvalue weighted by molar-refractivity contribution is 5.71. The summed E-state index contributed by atoms with van der Waals surface area (Å²) < 4.78 is 16.7. The predicted octanol–water partition coefficient (Wildman–Crippen LogP) is 16.6. The second kappa shape index (κ2) is 49.5. The van der Waals surface area contributed by atoms with Gasteiger partial charge < -0.3 is 14.2 Å². The summed E-state index contributed by atoms with van der Waals surface area (Å²) >= 11 is 0. The molecule has 0 saturated heterocycles. The normalized spacial score (nSPS) is 12.6. The third-order valence-corrected chi connectivity index (χ3v) is 10.7. The highest BCUT2D eigenvalue weighted by Gasteiger charge is 2.19. The summed E-state index contributed by atoms with van der Waals surface area (Å²) in [5, 5.41) is 0. The fourth-order valence-electron chi connectivity index (χ4n) is 6.86. The minimum absolute atomic E-state index is 0.109. The maximum atomic E-state index is 12.7. The van der Waals surface area contributed by atoms with Crippen molar-refractivity contribution in [1.29, 1.82) is 0 Å². The minimum Gasteiger partial charge on any atom is -0.462 e. The van der Waals surface area contributed by atoms with Crippen molar-refractivity contribution in [3.8, 4) is 0 Å². The average Bonchev–Trinajstić information content (AvgIpc) is 3.26. The van der Waals surface area contributed by atoms with Crippen molar-refractivity contribution < 1.29 is 28.6 Å². The number of rotatable bonds is 45. The third kappa shape index (κ3) is 47.7. The van der Waals surface area contributed by atoms with Crippen molar-refractivity contribution in [3.63, 3.8) is 0 Å². The van der Waals surface area contributed by atoms with Gasteiger partial charge in [0.2, 0.25) is 0 Å². The zero-order chi connectivity index (χ0) is 44.4. The van der Waals surface area contributed by atoms with Crippen LogP contribution in [0.2, 0.25) is 0 Å². The maximum absolute atomic E-state index is 12.7. The van der Waals surface area contributed by atoms with Gasteiger partial charge in [-0.3, -0.25) is 14.4 Å². The standard InChI is InChI=1S/C55H94O6/c1-4-7-10-13-16-19-22-25-26-27-28-29-31-33-36-39-42-45-48-54(57)60-51-52(50-59-53(56)47-44-41-38-35-32-24-21-18-15-12-9-6-3)61-55(58)49-46-43-40-37-34-30-23-20-17-14-11-8-5-2/h8,11,17-18,20-21,26-27,30,34,40,43,52H,4-7,9-10,12-16,19,22-25,28-29,31-33,35-39,41-42,44-51H2,1-3H3/b11-8-,20-17-,21-18-,27-26-,34-30-,43-40-. The number of carbonyl (C=O) groups excluding carboxylic acids is 3. The van der Waals surface area contributed by atoms with E-state index in [2.05, 4.69) is 81.5 Å². The Morgan fingerprint density at radius 2 is 0.672 bits per heavy atom. The lowest BCUT2D eigenvalue weighted by atomic mass is 10.1. The smallest absolute Gasteiger partial charge is 0.306 e. The van der Waals surface area contributed by atoms with Gasteiger partial charge in [-0.25, -0.2) is 0 Å². The predicted molar refractivity (Wildman–Crippen MR) is 261 cm³/mol. The molecular formula is C55H94O6. The molecule has 61 heavy (non-hydrogen) atoms. The van der Waals surface area contributed by atoms with Crippen LogP contribution >= 0.6 is 0 Å². The number of ether oxygens (including phenoxy) is 3. The molecule has 6 heteroatoms. The van der Waals surface area contributed by atoms with Crippen LogP contribution in [0.1, 0.15) is 239 Å². The molecule has 0 saturated carbocycles. The van der Waals surface area contributed by atoms with Crippen LogP contribution in [0.15, 0.2) is 72.9 Å². The lowest BCUT2D eigenvalue weighted by Gasteiger charge is -2.18. The number of allylic oxidation sites excluding steroid dienone is 12. The highest BCUT2D eigenvalue weighted by atomic mass is 16.6. The van der Waals surface area contributed by atoms with Gasteiger partial charge in [-0.05, 0) is 96.3 Å². The van der Waals surface area contributed by atoms with E-state index in [-0.39, 0.29) is 31.6 Å². The number of hydrogen-bond donors (Lipinski definition) is 0. The van der Waals surface area contributed by atoms with Gasteiger partial charge in [-0.2, -0.15) is 0 Å². The molecule has 0 N–H and O–H groups in total. The van der Waals surface area contributed by atoms with Crippen LogP contribution in [-0.2, 0) is 28.6 Å². The van der Waals surface area contributed by atoms with Crippen molar-refractivity contribution in [2.24, 2.45) is 0 Å². The molecule has 0 aliphatic rings. The summed E-state index contributed by atoms with van der Waals surface area (Å²) in [6.45, 7) is 6.42. The van der Waals surface area contributed by atoms with E-state index >= 15 is 0 Å². The van der Waals surface area contributed by atoms with Crippen molar-refractivity contribution in [3.05, 3.63) is 72.9 Å².